The van der Waals surface area contributed by atoms with Crippen LogP contribution in [0.1, 0.15) is 41.0 Å². The highest BCUT2D eigenvalue weighted by Gasteiger charge is 2.37. The molecule has 1 saturated heterocycles. The van der Waals surface area contributed by atoms with E-state index in [9.17, 15) is 9.90 Å². The topological polar surface area (TPSA) is 79.5 Å². The van der Waals surface area contributed by atoms with Gasteiger partial charge in [0.15, 0.2) is 0 Å². The molecule has 0 unspecified atom stereocenters. The maximum atomic E-state index is 11.9. The normalized spacial score (nSPS) is 16.2. The van der Waals surface area contributed by atoms with Crippen molar-refractivity contribution < 1.29 is 19.4 Å². The standard InChI is InChI=1S/C26H33BrN4O4/c1-16(2)35-22-13-23(34-6)20(27)12-19(22)21-15-30-10-7-17(11-24(30)28-21)29-9-8-18(14-29)31(25(32)33)26(3,4)5/h7,10-13,15-16,18H,8-9,14H2,1-6H3,(H,32,33)/t18-/m0/s1. The lowest BCUT2D eigenvalue weighted by Gasteiger charge is -2.38. The molecular weight excluding hydrogens is 512 g/mol. The summed E-state index contributed by atoms with van der Waals surface area (Å²) in [5.74, 6) is 1.41. The zero-order chi connectivity index (χ0) is 25.5. The molecule has 35 heavy (non-hydrogen) atoms. The number of fused-ring (bicyclic) bond motifs is 1. The van der Waals surface area contributed by atoms with E-state index in [2.05, 4.69) is 33.0 Å². The minimum Gasteiger partial charge on any atom is -0.495 e. The van der Waals surface area contributed by atoms with Gasteiger partial charge in [-0.15, -0.1) is 0 Å². The number of imidazole rings is 1. The van der Waals surface area contributed by atoms with Crippen LogP contribution in [-0.2, 0) is 0 Å². The number of amides is 1. The highest BCUT2D eigenvalue weighted by atomic mass is 79.9. The summed E-state index contributed by atoms with van der Waals surface area (Å²) in [5, 5.41) is 9.78. The number of pyridine rings is 1. The number of nitrogens with zero attached hydrogens (tertiary/aromatic N) is 4. The quantitative estimate of drug-likeness (QED) is 0.415. The summed E-state index contributed by atoms with van der Waals surface area (Å²) in [7, 11) is 1.63. The van der Waals surface area contributed by atoms with Crippen LogP contribution < -0.4 is 14.4 Å². The fourth-order valence-corrected chi connectivity index (χ4v) is 5.22. The molecule has 1 aromatic carbocycles. The van der Waals surface area contributed by atoms with Crippen molar-refractivity contribution in [3.63, 3.8) is 0 Å². The number of carbonyl (C=O) groups is 1. The number of halogens is 1. The third-order valence-electron chi connectivity index (χ3n) is 6.16. The van der Waals surface area contributed by atoms with Crippen LogP contribution >= 0.6 is 15.9 Å². The van der Waals surface area contributed by atoms with Crippen molar-refractivity contribution in [1.29, 1.82) is 0 Å². The Kier molecular flexibility index (Phi) is 6.90. The first-order chi connectivity index (χ1) is 16.5. The van der Waals surface area contributed by atoms with E-state index in [0.717, 1.165) is 40.0 Å². The molecule has 9 heteroatoms. The second kappa shape index (κ2) is 9.60. The van der Waals surface area contributed by atoms with Gasteiger partial charge < -0.3 is 23.9 Å². The Hall–Kier alpha value is -2.94. The van der Waals surface area contributed by atoms with Gasteiger partial charge >= 0.3 is 6.09 Å². The van der Waals surface area contributed by atoms with Crippen molar-refractivity contribution in [2.75, 3.05) is 25.1 Å². The van der Waals surface area contributed by atoms with Crippen molar-refractivity contribution in [3.8, 4) is 22.8 Å². The molecule has 0 bridgehead atoms. The van der Waals surface area contributed by atoms with Gasteiger partial charge in [-0.3, -0.25) is 4.90 Å². The lowest BCUT2D eigenvalue weighted by Crippen LogP contribution is -2.52. The second-order valence-electron chi connectivity index (χ2n) is 10.1. The molecule has 8 nitrogen and oxygen atoms in total. The molecule has 1 amide bonds. The van der Waals surface area contributed by atoms with Gasteiger partial charge in [0, 0.05) is 54.4 Å². The Morgan fingerprint density at radius 3 is 2.63 bits per heavy atom. The molecule has 3 aromatic rings. The van der Waals surface area contributed by atoms with E-state index in [0.29, 0.717) is 18.0 Å². The minimum absolute atomic E-state index is 0.00449. The molecular formula is C26H33BrN4O4. The van der Waals surface area contributed by atoms with Crippen molar-refractivity contribution in [2.45, 2.75) is 58.7 Å². The Balaban J connectivity index is 1.64. The molecule has 0 spiro atoms. The van der Waals surface area contributed by atoms with Gasteiger partial charge in [-0.05, 0) is 69.1 Å². The third kappa shape index (κ3) is 5.19. The molecule has 1 atom stereocenters. The molecule has 0 saturated carbocycles. The fraction of sp³-hybridized carbons (Fsp3) is 0.462. The van der Waals surface area contributed by atoms with E-state index in [4.69, 9.17) is 14.5 Å². The van der Waals surface area contributed by atoms with E-state index >= 15 is 0 Å². The first-order valence-electron chi connectivity index (χ1n) is 11.8. The summed E-state index contributed by atoms with van der Waals surface area (Å²) in [6.07, 6.45) is 3.91. The second-order valence-corrected chi connectivity index (χ2v) is 11.0. The molecule has 1 aliphatic heterocycles. The highest BCUT2D eigenvalue weighted by molar-refractivity contribution is 9.10. The van der Waals surface area contributed by atoms with Gasteiger partial charge in [0.2, 0.25) is 0 Å². The summed E-state index contributed by atoms with van der Waals surface area (Å²) in [6.45, 7) is 11.3. The third-order valence-corrected chi connectivity index (χ3v) is 6.78. The molecule has 188 valence electrons. The molecule has 1 N–H and O–H groups in total. The maximum Gasteiger partial charge on any atom is 0.408 e. The number of ether oxygens (including phenoxy) is 2. The van der Waals surface area contributed by atoms with Crippen molar-refractivity contribution in [3.05, 3.63) is 41.1 Å². The van der Waals surface area contributed by atoms with Crippen molar-refractivity contribution in [2.24, 2.45) is 0 Å². The van der Waals surface area contributed by atoms with Crippen molar-refractivity contribution >= 4 is 33.4 Å². The molecule has 0 radical (unpaired) electrons. The summed E-state index contributed by atoms with van der Waals surface area (Å²) in [5.41, 5.74) is 3.07. The number of benzene rings is 1. The predicted octanol–water partition coefficient (Wildman–Crippen LogP) is 5.92. The van der Waals surface area contributed by atoms with E-state index in [1.165, 1.54) is 0 Å². The molecule has 2 aromatic heterocycles. The van der Waals surface area contributed by atoms with Crippen molar-refractivity contribution in [1.82, 2.24) is 14.3 Å². The molecule has 1 aliphatic rings. The molecule has 0 aliphatic carbocycles. The Morgan fingerprint density at radius 1 is 1.26 bits per heavy atom. The number of anilines is 1. The van der Waals surface area contributed by atoms with Gasteiger partial charge in [0.05, 0.1) is 29.4 Å². The van der Waals surface area contributed by atoms with Crippen LogP contribution in [0.5, 0.6) is 11.5 Å². The van der Waals surface area contributed by atoms with E-state index < -0.39 is 11.6 Å². The van der Waals surface area contributed by atoms with Gasteiger partial charge in [0.1, 0.15) is 17.1 Å². The van der Waals surface area contributed by atoms with E-state index in [1.54, 1.807) is 12.0 Å². The van der Waals surface area contributed by atoms with Crippen LogP contribution in [0.2, 0.25) is 0 Å². The first kappa shape index (κ1) is 25.2. The van der Waals surface area contributed by atoms with Crippen LogP contribution in [0.25, 0.3) is 16.9 Å². The Bertz CT molecular complexity index is 1230. The van der Waals surface area contributed by atoms with Crippen LogP contribution in [0, 0.1) is 0 Å². The number of hydrogen-bond donors (Lipinski definition) is 1. The molecule has 3 heterocycles. The zero-order valence-electron chi connectivity index (χ0n) is 21.1. The number of carboxylic acid groups (broad SMARTS) is 1. The fourth-order valence-electron chi connectivity index (χ4n) is 4.72. The molecule has 4 rings (SSSR count). The Morgan fingerprint density at radius 2 is 2.00 bits per heavy atom. The summed E-state index contributed by atoms with van der Waals surface area (Å²) in [4.78, 5) is 20.6. The predicted molar refractivity (Wildman–Crippen MR) is 141 cm³/mol. The lowest BCUT2D eigenvalue weighted by molar-refractivity contribution is 0.0763. The largest absolute Gasteiger partial charge is 0.495 e. The molecule has 1 fully saturated rings. The van der Waals surface area contributed by atoms with Gasteiger partial charge in [-0.2, -0.15) is 0 Å². The summed E-state index contributed by atoms with van der Waals surface area (Å²) in [6, 6.07) is 7.90. The van der Waals surface area contributed by atoms with Crippen LogP contribution in [0.3, 0.4) is 0 Å². The SMILES string of the molecule is COc1cc(OC(C)C)c(-c2cn3ccc(N4CC[C@H](N(C(=O)O)C(C)(C)C)C4)cc3n2)cc1Br. The number of methoxy groups -OCH3 is 1. The van der Waals surface area contributed by atoms with Gasteiger partial charge in [-0.25, -0.2) is 9.78 Å². The zero-order valence-corrected chi connectivity index (χ0v) is 22.7. The lowest BCUT2D eigenvalue weighted by atomic mass is 10.0. The highest BCUT2D eigenvalue weighted by Crippen LogP contribution is 2.39. The van der Waals surface area contributed by atoms with E-state index in [1.807, 2.05) is 63.5 Å². The number of rotatable bonds is 6. The average Bonchev–Trinajstić information content (AvgIpc) is 3.39. The first-order valence-corrected chi connectivity index (χ1v) is 12.6. The van der Waals surface area contributed by atoms with Crippen LogP contribution in [0.15, 0.2) is 41.1 Å². The average molecular weight is 545 g/mol. The number of aromatic nitrogens is 2. The summed E-state index contributed by atoms with van der Waals surface area (Å²) >= 11 is 3.58. The van der Waals surface area contributed by atoms with Crippen LogP contribution in [-0.4, -0.2) is 63.4 Å². The van der Waals surface area contributed by atoms with Gasteiger partial charge in [-0.1, -0.05) is 0 Å². The van der Waals surface area contributed by atoms with Crippen LogP contribution in [0.4, 0.5) is 10.5 Å². The minimum atomic E-state index is -0.872. The van der Waals surface area contributed by atoms with Gasteiger partial charge in [0.25, 0.3) is 0 Å². The maximum absolute atomic E-state index is 11.9. The smallest absolute Gasteiger partial charge is 0.408 e. The summed E-state index contributed by atoms with van der Waals surface area (Å²) < 4.78 is 14.3. The monoisotopic (exact) mass is 544 g/mol. The Labute approximate surface area is 214 Å². The number of hydrogen-bond acceptors (Lipinski definition) is 5. The van der Waals surface area contributed by atoms with E-state index in [-0.39, 0.29) is 12.1 Å².